The third-order valence-corrected chi connectivity index (χ3v) is 4.64. The van der Waals surface area contributed by atoms with Crippen molar-refractivity contribution in [1.82, 2.24) is 9.78 Å². The van der Waals surface area contributed by atoms with Crippen molar-refractivity contribution in [3.8, 4) is 5.75 Å². The number of fused-ring (bicyclic) bond motifs is 2. The Bertz CT molecular complexity index is 1240. The number of hydrogen-bond donors (Lipinski definition) is 3. The lowest BCUT2D eigenvalue weighted by Gasteiger charge is -2.23. The number of H-pyrrole nitrogens is 1. The molecule has 0 radical (unpaired) electrons. The van der Waals surface area contributed by atoms with Gasteiger partial charge in [-0.15, -0.1) is 0 Å². The monoisotopic (exact) mass is 394 g/mol. The Balaban J connectivity index is 1.46. The van der Waals surface area contributed by atoms with Crippen molar-refractivity contribution in [2.75, 3.05) is 10.6 Å². The number of benzene rings is 2. The van der Waals surface area contributed by atoms with Crippen LogP contribution in [0.4, 0.5) is 11.4 Å². The summed E-state index contributed by atoms with van der Waals surface area (Å²) in [6.07, 6.45) is -0.601. The summed E-state index contributed by atoms with van der Waals surface area (Å²) in [6.45, 7) is 1.67. The number of aryl methyl sites for hydroxylation is 1. The Hall–Kier alpha value is -3.88. The van der Waals surface area contributed by atoms with Crippen LogP contribution in [-0.2, 0) is 16.1 Å². The van der Waals surface area contributed by atoms with E-state index in [2.05, 4.69) is 15.7 Å². The van der Waals surface area contributed by atoms with E-state index in [4.69, 9.17) is 4.74 Å². The molecule has 3 N–H and O–H groups in total. The molecular formula is C20H18N4O5. The van der Waals surface area contributed by atoms with E-state index in [0.717, 1.165) is 4.68 Å². The number of hydrogen-bond acceptors (Lipinski definition) is 5. The van der Waals surface area contributed by atoms with Crippen LogP contribution >= 0.6 is 0 Å². The Morgan fingerprint density at radius 3 is 2.69 bits per heavy atom. The zero-order chi connectivity index (χ0) is 20.5. The van der Waals surface area contributed by atoms with Gasteiger partial charge in [0.2, 0.25) is 5.91 Å². The second-order valence-corrected chi connectivity index (χ2v) is 6.70. The molecule has 0 aliphatic carbocycles. The molecule has 29 heavy (non-hydrogen) atoms. The van der Waals surface area contributed by atoms with Crippen LogP contribution in [0.2, 0.25) is 0 Å². The Kier molecular flexibility index (Phi) is 4.63. The van der Waals surface area contributed by atoms with E-state index >= 15 is 0 Å². The van der Waals surface area contributed by atoms with E-state index in [1.54, 1.807) is 49.4 Å². The second-order valence-electron chi connectivity index (χ2n) is 6.70. The lowest BCUT2D eigenvalue weighted by molar-refractivity contribution is -0.122. The Morgan fingerprint density at radius 1 is 1.14 bits per heavy atom. The lowest BCUT2D eigenvalue weighted by Crippen LogP contribution is -2.34. The summed E-state index contributed by atoms with van der Waals surface area (Å²) in [7, 11) is 0. The van der Waals surface area contributed by atoms with Crippen molar-refractivity contribution in [1.29, 1.82) is 0 Å². The third-order valence-electron chi connectivity index (χ3n) is 4.64. The molecule has 0 saturated heterocycles. The Morgan fingerprint density at radius 2 is 1.90 bits per heavy atom. The number of amides is 2. The van der Waals surface area contributed by atoms with E-state index in [-0.39, 0.29) is 35.9 Å². The van der Waals surface area contributed by atoms with E-state index in [1.807, 2.05) is 0 Å². The van der Waals surface area contributed by atoms with Gasteiger partial charge in [-0.3, -0.25) is 24.3 Å². The summed E-state index contributed by atoms with van der Waals surface area (Å²) >= 11 is 0. The van der Waals surface area contributed by atoms with Gasteiger partial charge in [0.15, 0.2) is 6.10 Å². The number of rotatable bonds is 4. The zero-order valence-electron chi connectivity index (χ0n) is 15.5. The molecule has 1 unspecified atom stereocenters. The van der Waals surface area contributed by atoms with Gasteiger partial charge in [-0.2, -0.15) is 0 Å². The molecule has 3 aromatic rings. The number of aromatic nitrogens is 2. The molecule has 0 fully saturated rings. The normalized spacial score (nSPS) is 15.3. The van der Waals surface area contributed by atoms with E-state index in [0.29, 0.717) is 27.9 Å². The maximum atomic E-state index is 12.5. The summed E-state index contributed by atoms with van der Waals surface area (Å²) in [6, 6.07) is 11.4. The molecule has 0 saturated carbocycles. The summed E-state index contributed by atoms with van der Waals surface area (Å²) in [5.74, 6) is -0.0849. The van der Waals surface area contributed by atoms with Gasteiger partial charge in [0.1, 0.15) is 5.75 Å². The van der Waals surface area contributed by atoms with E-state index < -0.39 is 6.10 Å². The number of anilines is 2. The van der Waals surface area contributed by atoms with E-state index in [9.17, 15) is 19.2 Å². The summed E-state index contributed by atoms with van der Waals surface area (Å²) in [5, 5.41) is 8.52. The first-order valence-corrected chi connectivity index (χ1v) is 9.05. The molecule has 1 atom stereocenters. The Labute approximate surface area is 164 Å². The number of carbonyl (C=O) groups is 2. The first kappa shape index (κ1) is 18.5. The van der Waals surface area contributed by atoms with Gasteiger partial charge in [-0.25, -0.2) is 4.68 Å². The molecule has 9 nitrogen and oxygen atoms in total. The number of nitrogens with zero attached hydrogens (tertiary/aromatic N) is 1. The summed E-state index contributed by atoms with van der Waals surface area (Å²) in [4.78, 5) is 48.6. The highest BCUT2D eigenvalue weighted by Gasteiger charge is 2.23. The van der Waals surface area contributed by atoms with Crippen LogP contribution in [0.5, 0.6) is 5.75 Å². The molecule has 1 aliphatic rings. The first-order valence-electron chi connectivity index (χ1n) is 9.05. The predicted octanol–water partition coefficient (Wildman–Crippen LogP) is 1.44. The average molecular weight is 394 g/mol. The second kappa shape index (κ2) is 7.27. The van der Waals surface area contributed by atoms with Gasteiger partial charge < -0.3 is 15.4 Å². The van der Waals surface area contributed by atoms with Crippen LogP contribution in [0.25, 0.3) is 10.8 Å². The van der Waals surface area contributed by atoms with Crippen LogP contribution in [0.3, 0.4) is 0 Å². The maximum absolute atomic E-state index is 12.5. The fourth-order valence-corrected chi connectivity index (χ4v) is 3.13. The van der Waals surface area contributed by atoms with Crippen molar-refractivity contribution in [3.05, 3.63) is 63.2 Å². The third kappa shape index (κ3) is 3.62. The van der Waals surface area contributed by atoms with Gasteiger partial charge in [0.05, 0.1) is 23.0 Å². The fourth-order valence-electron chi connectivity index (χ4n) is 3.13. The van der Waals surface area contributed by atoms with Crippen molar-refractivity contribution in [2.45, 2.75) is 26.0 Å². The van der Waals surface area contributed by atoms with Gasteiger partial charge in [0, 0.05) is 12.1 Å². The molecule has 4 rings (SSSR count). The lowest BCUT2D eigenvalue weighted by atomic mass is 10.2. The van der Waals surface area contributed by atoms with Gasteiger partial charge in [-0.1, -0.05) is 12.1 Å². The maximum Gasteiger partial charge on any atom is 0.273 e. The van der Waals surface area contributed by atoms with Crippen LogP contribution in [0.1, 0.15) is 13.3 Å². The molecule has 2 heterocycles. The standard InChI is InChI=1S/C20H18N4O5/c1-11-18(26)22-15-10-12(6-7-16(15)29-11)21-17(25)8-9-24-20(28)14-5-3-2-4-13(14)19(27)23-24/h2-7,10-11H,8-9H2,1H3,(H,21,25)(H,22,26)(H,23,27). The predicted molar refractivity (Wildman–Crippen MR) is 107 cm³/mol. The molecule has 1 aromatic heterocycles. The minimum Gasteiger partial charge on any atom is -0.479 e. The minimum absolute atomic E-state index is 0.0209. The highest BCUT2D eigenvalue weighted by atomic mass is 16.5. The van der Waals surface area contributed by atoms with Crippen LogP contribution in [0.15, 0.2) is 52.1 Å². The smallest absolute Gasteiger partial charge is 0.273 e. The van der Waals surface area contributed by atoms with Crippen molar-refractivity contribution in [3.63, 3.8) is 0 Å². The van der Waals surface area contributed by atoms with Crippen LogP contribution < -0.4 is 26.5 Å². The quantitative estimate of drug-likeness (QED) is 0.618. The van der Waals surface area contributed by atoms with Crippen molar-refractivity contribution < 1.29 is 14.3 Å². The molecular weight excluding hydrogens is 376 g/mol. The van der Waals surface area contributed by atoms with Gasteiger partial charge >= 0.3 is 0 Å². The van der Waals surface area contributed by atoms with Gasteiger partial charge in [-0.05, 0) is 37.3 Å². The molecule has 2 amide bonds. The molecule has 0 spiro atoms. The zero-order valence-corrected chi connectivity index (χ0v) is 15.5. The average Bonchev–Trinajstić information content (AvgIpc) is 2.71. The molecule has 9 heteroatoms. The number of aromatic amines is 1. The van der Waals surface area contributed by atoms with Crippen LogP contribution in [-0.4, -0.2) is 27.7 Å². The van der Waals surface area contributed by atoms with E-state index in [1.165, 1.54) is 0 Å². The SMILES string of the molecule is CC1Oc2ccc(NC(=O)CCn3[nH]c(=O)c4ccccc4c3=O)cc2NC1=O. The first-order chi connectivity index (χ1) is 13.9. The number of carbonyl (C=O) groups excluding carboxylic acids is 2. The topological polar surface area (TPSA) is 122 Å². The summed E-state index contributed by atoms with van der Waals surface area (Å²) < 4.78 is 6.60. The number of nitrogens with one attached hydrogen (secondary N) is 3. The largest absolute Gasteiger partial charge is 0.479 e. The minimum atomic E-state index is -0.578. The molecule has 148 valence electrons. The fraction of sp³-hybridized carbons (Fsp3) is 0.200. The highest BCUT2D eigenvalue weighted by Crippen LogP contribution is 2.32. The molecule has 0 bridgehead atoms. The number of ether oxygens (including phenoxy) is 1. The van der Waals surface area contributed by atoms with Crippen molar-refractivity contribution in [2.24, 2.45) is 0 Å². The summed E-state index contributed by atoms with van der Waals surface area (Å²) in [5.41, 5.74) is 0.198. The highest BCUT2D eigenvalue weighted by molar-refractivity contribution is 5.99. The molecule has 2 aromatic carbocycles. The van der Waals surface area contributed by atoms with Crippen molar-refractivity contribution >= 4 is 34.0 Å². The van der Waals surface area contributed by atoms with Crippen LogP contribution in [0, 0.1) is 0 Å². The van der Waals surface area contributed by atoms with Gasteiger partial charge in [0.25, 0.3) is 17.0 Å². The molecule has 1 aliphatic heterocycles.